The van der Waals surface area contributed by atoms with Crippen LogP contribution in [0.25, 0.3) is 0 Å². The highest BCUT2D eigenvalue weighted by Gasteiger charge is 2.27. The minimum atomic E-state index is 0.262. The van der Waals surface area contributed by atoms with Crippen molar-refractivity contribution in [1.82, 2.24) is 0 Å². The maximum Gasteiger partial charge on any atom is 0.119 e. The fourth-order valence-corrected chi connectivity index (χ4v) is 2.66. The molecule has 0 radical (unpaired) electrons. The molecular weight excluding hydrogens is 208 g/mol. The average molecular weight is 225 g/mol. The third-order valence-electron chi connectivity index (χ3n) is 3.30. The highest BCUT2D eigenvalue weighted by molar-refractivity contribution is 6.21. The second kappa shape index (κ2) is 4.44. The molecule has 15 heavy (non-hydrogen) atoms. The lowest BCUT2D eigenvalue weighted by Gasteiger charge is -2.17. The molecule has 0 N–H and O–H groups in total. The molecule has 1 aliphatic rings. The molecule has 0 saturated carbocycles. The summed E-state index contributed by atoms with van der Waals surface area (Å²) < 4.78 is 5.26. The highest BCUT2D eigenvalue weighted by Crippen LogP contribution is 2.40. The number of rotatable bonds is 3. The number of hydrogen-bond acceptors (Lipinski definition) is 1. The third-order valence-corrected chi connectivity index (χ3v) is 3.92. The van der Waals surface area contributed by atoms with Crippen LogP contribution in [0, 0.1) is 0 Å². The molecule has 0 aliphatic heterocycles. The Kier molecular flexibility index (Phi) is 3.20. The van der Waals surface area contributed by atoms with Crippen molar-refractivity contribution in [3.05, 3.63) is 29.3 Å². The number of fused-ring (bicyclic) bond motifs is 1. The lowest BCUT2D eigenvalue weighted by Crippen LogP contribution is -2.08. The van der Waals surface area contributed by atoms with E-state index in [0.717, 1.165) is 18.6 Å². The average Bonchev–Trinajstić information content (AvgIpc) is 2.70. The molecule has 2 atom stereocenters. The van der Waals surface area contributed by atoms with Crippen molar-refractivity contribution < 1.29 is 4.74 Å². The van der Waals surface area contributed by atoms with Crippen LogP contribution < -0.4 is 4.74 Å². The SMILES string of the molecule is CCC(Cl)C1CCc2ccc(OC)cc21. The number of halogens is 1. The van der Waals surface area contributed by atoms with E-state index in [1.807, 2.05) is 6.07 Å². The second-order valence-electron chi connectivity index (χ2n) is 4.13. The highest BCUT2D eigenvalue weighted by atomic mass is 35.5. The maximum absolute atomic E-state index is 6.35. The Morgan fingerprint density at radius 2 is 2.33 bits per heavy atom. The summed E-state index contributed by atoms with van der Waals surface area (Å²) in [5, 5.41) is 0.262. The smallest absolute Gasteiger partial charge is 0.119 e. The van der Waals surface area contributed by atoms with Crippen LogP contribution in [0.3, 0.4) is 0 Å². The summed E-state index contributed by atoms with van der Waals surface area (Å²) >= 11 is 6.35. The van der Waals surface area contributed by atoms with E-state index in [2.05, 4.69) is 19.1 Å². The quantitative estimate of drug-likeness (QED) is 0.711. The van der Waals surface area contributed by atoms with E-state index in [1.54, 1.807) is 7.11 Å². The number of alkyl halides is 1. The van der Waals surface area contributed by atoms with Gasteiger partial charge in [-0.15, -0.1) is 11.6 Å². The van der Waals surface area contributed by atoms with Crippen LogP contribution in [0.15, 0.2) is 18.2 Å². The van der Waals surface area contributed by atoms with Gasteiger partial charge in [0.25, 0.3) is 0 Å². The number of methoxy groups -OCH3 is 1. The minimum absolute atomic E-state index is 0.262. The second-order valence-corrected chi connectivity index (χ2v) is 4.69. The summed E-state index contributed by atoms with van der Waals surface area (Å²) in [6.45, 7) is 2.15. The summed E-state index contributed by atoms with van der Waals surface area (Å²) in [6, 6.07) is 6.36. The molecule has 82 valence electrons. The Hall–Kier alpha value is -0.690. The largest absolute Gasteiger partial charge is 0.497 e. The molecule has 0 spiro atoms. The fraction of sp³-hybridized carbons (Fsp3) is 0.538. The van der Waals surface area contributed by atoms with Gasteiger partial charge in [-0.05, 0) is 42.5 Å². The first-order chi connectivity index (χ1) is 7.26. The van der Waals surface area contributed by atoms with E-state index in [0.29, 0.717) is 5.92 Å². The number of hydrogen-bond donors (Lipinski definition) is 0. The molecule has 0 fully saturated rings. The molecule has 1 aromatic rings. The Balaban J connectivity index is 2.31. The predicted molar refractivity (Wildman–Crippen MR) is 64.0 cm³/mol. The molecule has 2 heteroatoms. The zero-order valence-corrected chi connectivity index (χ0v) is 10.1. The summed E-state index contributed by atoms with van der Waals surface area (Å²) in [5.41, 5.74) is 2.84. The van der Waals surface area contributed by atoms with Gasteiger partial charge in [0, 0.05) is 11.3 Å². The van der Waals surface area contributed by atoms with Crippen molar-refractivity contribution in [3.8, 4) is 5.75 Å². The molecule has 0 bridgehead atoms. The summed E-state index contributed by atoms with van der Waals surface area (Å²) in [4.78, 5) is 0. The Labute approximate surface area is 96.4 Å². The Morgan fingerprint density at radius 3 is 3.00 bits per heavy atom. The van der Waals surface area contributed by atoms with Crippen LogP contribution in [0.5, 0.6) is 5.75 Å². The molecule has 0 heterocycles. The first kappa shape index (κ1) is 10.8. The van der Waals surface area contributed by atoms with Gasteiger partial charge < -0.3 is 4.74 Å². The van der Waals surface area contributed by atoms with Crippen molar-refractivity contribution >= 4 is 11.6 Å². The Morgan fingerprint density at radius 1 is 1.53 bits per heavy atom. The van der Waals surface area contributed by atoms with Crippen molar-refractivity contribution in [2.45, 2.75) is 37.5 Å². The Bertz CT molecular complexity index is 348. The van der Waals surface area contributed by atoms with E-state index in [-0.39, 0.29) is 5.38 Å². The van der Waals surface area contributed by atoms with Gasteiger partial charge in [-0.3, -0.25) is 0 Å². The van der Waals surface area contributed by atoms with E-state index in [1.165, 1.54) is 17.5 Å². The lowest BCUT2D eigenvalue weighted by molar-refractivity contribution is 0.414. The van der Waals surface area contributed by atoms with Crippen LogP contribution >= 0.6 is 11.6 Å². The molecule has 1 aromatic carbocycles. The normalized spacial score (nSPS) is 21.1. The van der Waals surface area contributed by atoms with Gasteiger partial charge in [0.1, 0.15) is 5.75 Å². The molecule has 1 nitrogen and oxygen atoms in total. The molecular formula is C13H17ClO. The first-order valence-electron chi connectivity index (χ1n) is 5.57. The zero-order valence-electron chi connectivity index (χ0n) is 9.29. The van der Waals surface area contributed by atoms with Crippen molar-refractivity contribution in [3.63, 3.8) is 0 Å². The number of ether oxygens (including phenoxy) is 1. The standard InChI is InChI=1S/C13H17ClO/c1-3-13(14)11-7-5-9-4-6-10(15-2)8-12(9)11/h4,6,8,11,13H,3,5,7H2,1-2H3. The van der Waals surface area contributed by atoms with Gasteiger partial charge in [0.05, 0.1) is 7.11 Å². The molecule has 0 amide bonds. The van der Waals surface area contributed by atoms with Gasteiger partial charge in [-0.1, -0.05) is 13.0 Å². The molecule has 2 unspecified atom stereocenters. The zero-order chi connectivity index (χ0) is 10.8. The number of benzene rings is 1. The minimum Gasteiger partial charge on any atom is -0.497 e. The molecule has 2 rings (SSSR count). The van der Waals surface area contributed by atoms with Crippen LogP contribution in [0.4, 0.5) is 0 Å². The van der Waals surface area contributed by atoms with Gasteiger partial charge >= 0.3 is 0 Å². The summed E-state index contributed by atoms with van der Waals surface area (Å²) in [6.07, 6.45) is 3.38. The van der Waals surface area contributed by atoms with Crippen LogP contribution in [-0.2, 0) is 6.42 Å². The maximum atomic E-state index is 6.35. The van der Waals surface area contributed by atoms with Gasteiger partial charge in [0.15, 0.2) is 0 Å². The monoisotopic (exact) mass is 224 g/mol. The van der Waals surface area contributed by atoms with E-state index >= 15 is 0 Å². The summed E-state index contributed by atoms with van der Waals surface area (Å²) in [7, 11) is 1.71. The van der Waals surface area contributed by atoms with Gasteiger partial charge in [-0.25, -0.2) is 0 Å². The fourth-order valence-electron chi connectivity index (χ4n) is 2.40. The predicted octanol–water partition coefficient (Wildman–Crippen LogP) is 3.74. The van der Waals surface area contributed by atoms with Gasteiger partial charge in [0.2, 0.25) is 0 Å². The number of aryl methyl sites for hydroxylation is 1. The molecule has 0 saturated heterocycles. The van der Waals surface area contributed by atoms with E-state index in [4.69, 9.17) is 16.3 Å². The van der Waals surface area contributed by atoms with Crippen LogP contribution in [0.2, 0.25) is 0 Å². The first-order valence-corrected chi connectivity index (χ1v) is 6.00. The molecule has 1 aliphatic carbocycles. The lowest BCUT2D eigenvalue weighted by atomic mass is 9.96. The van der Waals surface area contributed by atoms with E-state index < -0.39 is 0 Å². The van der Waals surface area contributed by atoms with Gasteiger partial charge in [-0.2, -0.15) is 0 Å². The third kappa shape index (κ3) is 1.98. The van der Waals surface area contributed by atoms with Crippen LogP contribution in [-0.4, -0.2) is 12.5 Å². The van der Waals surface area contributed by atoms with Crippen molar-refractivity contribution in [2.75, 3.05) is 7.11 Å². The van der Waals surface area contributed by atoms with E-state index in [9.17, 15) is 0 Å². The van der Waals surface area contributed by atoms with Crippen molar-refractivity contribution in [1.29, 1.82) is 0 Å². The summed E-state index contributed by atoms with van der Waals surface area (Å²) in [5.74, 6) is 1.46. The van der Waals surface area contributed by atoms with Crippen LogP contribution in [0.1, 0.15) is 36.8 Å². The molecule has 0 aromatic heterocycles. The topological polar surface area (TPSA) is 9.23 Å². The van der Waals surface area contributed by atoms with Crippen molar-refractivity contribution in [2.24, 2.45) is 0 Å².